The van der Waals surface area contributed by atoms with Crippen LogP contribution in [0.1, 0.15) is 12.8 Å². The summed E-state index contributed by atoms with van der Waals surface area (Å²) in [4.78, 5) is 13.9. The van der Waals surface area contributed by atoms with E-state index in [0.29, 0.717) is 5.92 Å². The van der Waals surface area contributed by atoms with Crippen LogP contribution in [0.2, 0.25) is 0 Å². The van der Waals surface area contributed by atoms with Gasteiger partial charge in [-0.1, -0.05) is 6.08 Å². The van der Waals surface area contributed by atoms with E-state index in [2.05, 4.69) is 22.5 Å². The Balaban J connectivity index is 2.08. The second-order valence-corrected chi connectivity index (χ2v) is 3.90. The molecule has 0 saturated carbocycles. The van der Waals surface area contributed by atoms with E-state index < -0.39 is 0 Å². The monoisotopic (exact) mass is 164 g/mol. The van der Waals surface area contributed by atoms with Gasteiger partial charge >= 0.3 is 0 Å². The summed E-state index contributed by atoms with van der Waals surface area (Å²) < 4.78 is 0. The van der Waals surface area contributed by atoms with Crippen molar-refractivity contribution in [2.45, 2.75) is 18.4 Å². The van der Waals surface area contributed by atoms with E-state index in [1.165, 1.54) is 6.42 Å². The molecule has 0 aliphatic carbocycles. The van der Waals surface area contributed by atoms with Gasteiger partial charge in [-0.25, -0.2) is 0 Å². The van der Waals surface area contributed by atoms with E-state index in [0.717, 1.165) is 19.5 Å². The summed E-state index contributed by atoms with van der Waals surface area (Å²) in [7, 11) is 0. The van der Waals surface area contributed by atoms with Crippen LogP contribution in [0.15, 0.2) is 12.3 Å². The van der Waals surface area contributed by atoms with Crippen molar-refractivity contribution in [3.05, 3.63) is 12.3 Å². The average Bonchev–Trinajstić information content (AvgIpc) is 2.63. The van der Waals surface area contributed by atoms with E-state index in [1.54, 1.807) is 0 Å². The van der Waals surface area contributed by atoms with Crippen LogP contribution in [0.4, 0.5) is 0 Å². The van der Waals surface area contributed by atoms with Crippen molar-refractivity contribution in [2.75, 3.05) is 13.1 Å². The summed E-state index contributed by atoms with van der Waals surface area (Å²) in [5.41, 5.74) is -0.153. The number of hydrogen-bond donors (Lipinski definition) is 1. The van der Waals surface area contributed by atoms with Crippen LogP contribution in [0, 0.1) is 5.92 Å². The van der Waals surface area contributed by atoms with Crippen LogP contribution in [-0.2, 0) is 4.79 Å². The van der Waals surface area contributed by atoms with Gasteiger partial charge in [-0.15, -0.1) is 0 Å². The zero-order valence-corrected chi connectivity index (χ0v) is 6.92. The molecule has 2 fully saturated rings. The zero-order chi connectivity index (χ0) is 8.18. The average molecular weight is 164 g/mol. The highest BCUT2D eigenvalue weighted by atomic mass is 16.2. The van der Waals surface area contributed by atoms with Gasteiger partial charge in [-0.05, 0) is 19.0 Å². The number of amides is 1. The van der Waals surface area contributed by atoms with Gasteiger partial charge in [-0.2, -0.15) is 0 Å². The molecule has 1 amide bonds. The molecule has 3 nitrogen and oxygen atoms in total. The third-order valence-corrected chi connectivity index (χ3v) is 3.52. The van der Waals surface area contributed by atoms with Gasteiger partial charge in [0.1, 0.15) is 5.54 Å². The summed E-state index contributed by atoms with van der Waals surface area (Å²) in [6, 6.07) is 0. The molecule has 12 heavy (non-hydrogen) atoms. The lowest BCUT2D eigenvalue weighted by atomic mass is 9.86. The Labute approximate surface area is 71.4 Å². The first-order valence-corrected chi connectivity index (χ1v) is 4.56. The summed E-state index contributed by atoms with van der Waals surface area (Å²) in [5.74, 6) is 0.801. The maximum absolute atomic E-state index is 11.7. The minimum atomic E-state index is -0.153. The lowest BCUT2D eigenvalue weighted by Gasteiger charge is -2.29. The van der Waals surface area contributed by atoms with Gasteiger partial charge < -0.3 is 10.2 Å². The molecule has 3 aliphatic heterocycles. The Morgan fingerprint density at radius 1 is 1.67 bits per heavy atom. The second-order valence-electron chi connectivity index (χ2n) is 3.90. The highest BCUT2D eigenvalue weighted by Crippen LogP contribution is 2.44. The number of carbonyl (C=O) groups is 1. The Bertz CT molecular complexity index is 274. The quantitative estimate of drug-likeness (QED) is 0.550. The topological polar surface area (TPSA) is 32.3 Å². The minimum Gasteiger partial charge on any atom is -0.363 e. The Kier molecular flexibility index (Phi) is 1.000. The van der Waals surface area contributed by atoms with Crippen molar-refractivity contribution < 1.29 is 4.79 Å². The number of nitrogens with one attached hydrogen (secondary N) is 1. The molecule has 3 rings (SSSR count). The SMILES string of the molecule is O=C1NCC2CCN3C=CCC123. The summed E-state index contributed by atoms with van der Waals surface area (Å²) in [6.07, 6.45) is 6.30. The first kappa shape index (κ1) is 6.52. The van der Waals surface area contributed by atoms with Crippen LogP contribution in [-0.4, -0.2) is 29.4 Å². The van der Waals surface area contributed by atoms with Crippen molar-refractivity contribution >= 4 is 5.91 Å². The molecule has 2 unspecified atom stereocenters. The lowest BCUT2D eigenvalue weighted by molar-refractivity contribution is -0.127. The van der Waals surface area contributed by atoms with Gasteiger partial charge in [0.25, 0.3) is 0 Å². The Morgan fingerprint density at radius 3 is 3.50 bits per heavy atom. The molecule has 1 spiro atoms. The Hall–Kier alpha value is -0.990. The van der Waals surface area contributed by atoms with Gasteiger partial charge in [0, 0.05) is 19.0 Å². The number of rotatable bonds is 0. The summed E-state index contributed by atoms with van der Waals surface area (Å²) >= 11 is 0. The van der Waals surface area contributed by atoms with Crippen LogP contribution in [0.5, 0.6) is 0 Å². The van der Waals surface area contributed by atoms with E-state index >= 15 is 0 Å². The number of carbonyl (C=O) groups excluding carboxylic acids is 1. The molecule has 3 aliphatic rings. The van der Waals surface area contributed by atoms with Crippen molar-refractivity contribution in [1.82, 2.24) is 10.2 Å². The second kappa shape index (κ2) is 1.84. The van der Waals surface area contributed by atoms with E-state index in [4.69, 9.17) is 0 Å². The molecule has 3 heterocycles. The van der Waals surface area contributed by atoms with Crippen molar-refractivity contribution in [3.8, 4) is 0 Å². The maximum atomic E-state index is 11.7. The van der Waals surface area contributed by atoms with Crippen molar-refractivity contribution in [1.29, 1.82) is 0 Å². The normalized spacial score (nSPS) is 43.2. The van der Waals surface area contributed by atoms with Crippen LogP contribution in [0.25, 0.3) is 0 Å². The van der Waals surface area contributed by atoms with Gasteiger partial charge in [-0.3, -0.25) is 4.79 Å². The fraction of sp³-hybridized carbons (Fsp3) is 0.667. The molecule has 0 aromatic heterocycles. The molecular weight excluding hydrogens is 152 g/mol. The van der Waals surface area contributed by atoms with E-state index in [-0.39, 0.29) is 11.4 Å². The molecule has 0 radical (unpaired) electrons. The van der Waals surface area contributed by atoms with Crippen LogP contribution >= 0.6 is 0 Å². The molecular formula is C9H12N2O. The van der Waals surface area contributed by atoms with E-state index in [9.17, 15) is 4.79 Å². The van der Waals surface area contributed by atoms with Gasteiger partial charge in [0.05, 0.1) is 0 Å². The predicted octanol–water partition coefficient (Wildman–Crippen LogP) is 0.0943. The first-order chi connectivity index (χ1) is 5.84. The Morgan fingerprint density at radius 2 is 2.58 bits per heavy atom. The molecule has 0 aromatic rings. The standard InChI is InChI=1S/C9H12N2O/c12-8-9-3-1-4-11(9)5-2-7(9)6-10-8/h1,4,7H,2-3,5-6H2,(H,10,12). The van der Waals surface area contributed by atoms with Crippen molar-refractivity contribution in [3.63, 3.8) is 0 Å². The molecule has 1 N–H and O–H groups in total. The van der Waals surface area contributed by atoms with Gasteiger partial charge in [0.2, 0.25) is 5.91 Å². The molecule has 0 aromatic carbocycles. The summed E-state index contributed by atoms with van der Waals surface area (Å²) in [6.45, 7) is 1.95. The predicted molar refractivity (Wildman–Crippen MR) is 44.3 cm³/mol. The third-order valence-electron chi connectivity index (χ3n) is 3.52. The minimum absolute atomic E-state index is 0.153. The fourth-order valence-electron chi connectivity index (χ4n) is 2.87. The first-order valence-electron chi connectivity index (χ1n) is 4.56. The third kappa shape index (κ3) is 0.500. The van der Waals surface area contributed by atoms with E-state index in [1.807, 2.05) is 0 Å². The molecule has 64 valence electrons. The maximum Gasteiger partial charge on any atom is 0.246 e. The molecule has 0 bridgehead atoms. The largest absolute Gasteiger partial charge is 0.363 e. The summed E-state index contributed by atoms with van der Waals surface area (Å²) in [5, 5.41) is 2.96. The van der Waals surface area contributed by atoms with Crippen LogP contribution < -0.4 is 5.32 Å². The highest BCUT2D eigenvalue weighted by Gasteiger charge is 2.57. The van der Waals surface area contributed by atoms with Crippen LogP contribution in [0.3, 0.4) is 0 Å². The smallest absolute Gasteiger partial charge is 0.246 e. The lowest BCUT2D eigenvalue weighted by Crippen LogP contribution is -2.47. The number of hydrogen-bond acceptors (Lipinski definition) is 2. The number of nitrogens with zero attached hydrogens (tertiary/aromatic N) is 1. The fourth-order valence-corrected chi connectivity index (χ4v) is 2.87. The molecule has 3 heteroatoms. The highest BCUT2D eigenvalue weighted by molar-refractivity contribution is 5.90. The molecule has 2 atom stereocenters. The van der Waals surface area contributed by atoms with Crippen molar-refractivity contribution in [2.24, 2.45) is 5.92 Å². The van der Waals surface area contributed by atoms with Gasteiger partial charge in [0.15, 0.2) is 0 Å². The zero-order valence-electron chi connectivity index (χ0n) is 6.92. The molecule has 2 saturated heterocycles.